The number of anilines is 1. The Morgan fingerprint density at radius 1 is 0.893 bits per heavy atom. The molecule has 0 aromatic heterocycles. The van der Waals surface area contributed by atoms with E-state index in [1.165, 1.54) is 0 Å². The first-order chi connectivity index (χ1) is 13.5. The van der Waals surface area contributed by atoms with Crippen molar-refractivity contribution in [2.24, 2.45) is 0 Å². The van der Waals surface area contributed by atoms with Gasteiger partial charge in [-0.05, 0) is 42.8 Å². The first kappa shape index (κ1) is 21.0. The molecule has 0 saturated carbocycles. The summed E-state index contributed by atoms with van der Waals surface area (Å²) >= 11 is 0. The Balaban J connectivity index is 1.98. The summed E-state index contributed by atoms with van der Waals surface area (Å²) in [6, 6.07) is 13.4. The van der Waals surface area contributed by atoms with Gasteiger partial charge in [-0.1, -0.05) is 19.1 Å². The third-order valence-corrected chi connectivity index (χ3v) is 3.98. The van der Waals surface area contributed by atoms with Crippen molar-refractivity contribution in [1.29, 1.82) is 0 Å². The predicted octanol–water partition coefficient (Wildman–Crippen LogP) is 2.59. The molecule has 3 amide bonds. The largest absolute Gasteiger partial charge is 0.497 e. The second kappa shape index (κ2) is 10.7. The van der Waals surface area contributed by atoms with Crippen LogP contribution in [0.5, 0.6) is 5.75 Å². The fourth-order valence-electron chi connectivity index (χ4n) is 2.46. The number of carbonyl (C=O) groups excluding carboxylic acids is 3. The molecule has 7 heteroatoms. The lowest BCUT2D eigenvalue weighted by Crippen LogP contribution is -2.31. The second-order valence-corrected chi connectivity index (χ2v) is 6.08. The molecule has 2 aromatic rings. The van der Waals surface area contributed by atoms with Gasteiger partial charge in [0, 0.05) is 25.1 Å². The molecule has 0 aliphatic rings. The van der Waals surface area contributed by atoms with E-state index in [1.807, 2.05) is 6.92 Å². The lowest BCUT2D eigenvalue weighted by Gasteiger charge is -2.12. The number of hydrogen-bond acceptors (Lipinski definition) is 4. The first-order valence-electron chi connectivity index (χ1n) is 9.14. The second-order valence-electron chi connectivity index (χ2n) is 6.08. The van der Waals surface area contributed by atoms with Gasteiger partial charge in [0.05, 0.1) is 18.4 Å². The van der Waals surface area contributed by atoms with E-state index in [9.17, 15) is 14.4 Å². The number of carbonyl (C=O) groups is 3. The third-order valence-electron chi connectivity index (χ3n) is 3.98. The minimum Gasteiger partial charge on any atom is -0.497 e. The van der Waals surface area contributed by atoms with E-state index in [4.69, 9.17) is 4.74 Å². The molecule has 28 heavy (non-hydrogen) atoms. The van der Waals surface area contributed by atoms with Gasteiger partial charge in [-0.2, -0.15) is 0 Å². The van der Waals surface area contributed by atoms with Crippen LogP contribution in [0.3, 0.4) is 0 Å². The van der Waals surface area contributed by atoms with Crippen LogP contribution in [0, 0.1) is 0 Å². The maximum absolute atomic E-state index is 12.5. The van der Waals surface area contributed by atoms with Crippen LogP contribution in [0.2, 0.25) is 0 Å². The summed E-state index contributed by atoms with van der Waals surface area (Å²) in [5.41, 5.74) is 1.18. The average Bonchev–Trinajstić information content (AvgIpc) is 2.72. The first-order valence-corrected chi connectivity index (χ1v) is 9.14. The Labute approximate surface area is 164 Å². The summed E-state index contributed by atoms with van der Waals surface area (Å²) in [5, 5.41) is 8.21. The van der Waals surface area contributed by atoms with Crippen LogP contribution in [-0.4, -0.2) is 37.9 Å². The van der Waals surface area contributed by atoms with Gasteiger partial charge in [-0.15, -0.1) is 0 Å². The molecule has 7 nitrogen and oxygen atoms in total. The molecule has 148 valence electrons. The van der Waals surface area contributed by atoms with Gasteiger partial charge in [0.2, 0.25) is 5.91 Å². The lowest BCUT2D eigenvalue weighted by molar-refractivity contribution is -0.120. The average molecular weight is 383 g/mol. The SMILES string of the molecule is CCCNC(=O)CCNC(=O)c1ccccc1NC(=O)c1ccc(OC)cc1. The van der Waals surface area contributed by atoms with Crippen molar-refractivity contribution < 1.29 is 19.1 Å². The number of methoxy groups -OCH3 is 1. The Morgan fingerprint density at radius 2 is 1.61 bits per heavy atom. The van der Waals surface area contributed by atoms with Crippen LogP contribution >= 0.6 is 0 Å². The molecule has 0 bridgehead atoms. The Bertz CT molecular complexity index is 819. The standard InChI is InChI=1S/C21H25N3O4/c1-3-13-22-19(25)12-14-23-21(27)17-6-4-5-7-18(17)24-20(26)15-8-10-16(28-2)11-9-15/h4-11H,3,12-14H2,1-2H3,(H,22,25)(H,23,27)(H,24,26). The van der Waals surface area contributed by atoms with Gasteiger partial charge in [0.15, 0.2) is 0 Å². The molecule has 0 aliphatic heterocycles. The molecule has 0 fully saturated rings. The van der Waals surface area contributed by atoms with E-state index >= 15 is 0 Å². The van der Waals surface area contributed by atoms with E-state index in [-0.39, 0.29) is 30.7 Å². The van der Waals surface area contributed by atoms with Crippen molar-refractivity contribution >= 4 is 23.4 Å². The summed E-state index contributed by atoms with van der Waals surface area (Å²) in [7, 11) is 1.55. The van der Waals surface area contributed by atoms with Gasteiger partial charge in [-0.3, -0.25) is 14.4 Å². The van der Waals surface area contributed by atoms with Crippen molar-refractivity contribution in [2.75, 3.05) is 25.5 Å². The number of para-hydroxylation sites is 1. The van der Waals surface area contributed by atoms with Gasteiger partial charge in [-0.25, -0.2) is 0 Å². The van der Waals surface area contributed by atoms with Crippen molar-refractivity contribution in [3.8, 4) is 5.75 Å². The highest BCUT2D eigenvalue weighted by molar-refractivity contribution is 6.09. The van der Waals surface area contributed by atoms with E-state index in [2.05, 4.69) is 16.0 Å². The summed E-state index contributed by atoms with van der Waals surface area (Å²) in [5.74, 6) is -0.140. The molecule has 0 saturated heterocycles. The van der Waals surface area contributed by atoms with Crippen molar-refractivity contribution in [1.82, 2.24) is 10.6 Å². The molecule has 3 N–H and O–H groups in total. The molecule has 0 heterocycles. The zero-order valence-electron chi connectivity index (χ0n) is 16.1. The molecule has 0 aliphatic carbocycles. The topological polar surface area (TPSA) is 96.5 Å². The summed E-state index contributed by atoms with van der Waals surface area (Å²) in [6.07, 6.45) is 1.06. The minimum absolute atomic E-state index is 0.108. The van der Waals surface area contributed by atoms with Crippen LogP contribution in [-0.2, 0) is 4.79 Å². The fourth-order valence-corrected chi connectivity index (χ4v) is 2.46. The molecule has 0 unspecified atom stereocenters. The van der Waals surface area contributed by atoms with E-state index in [0.717, 1.165) is 6.42 Å². The van der Waals surface area contributed by atoms with Gasteiger partial charge >= 0.3 is 0 Å². The Hall–Kier alpha value is -3.35. The molecular weight excluding hydrogens is 358 g/mol. The maximum atomic E-state index is 12.5. The Morgan fingerprint density at radius 3 is 2.29 bits per heavy atom. The molecule has 0 atom stereocenters. The highest BCUT2D eigenvalue weighted by Crippen LogP contribution is 2.17. The van der Waals surface area contributed by atoms with E-state index in [0.29, 0.717) is 29.1 Å². The quantitative estimate of drug-likeness (QED) is 0.620. The zero-order valence-corrected chi connectivity index (χ0v) is 16.1. The van der Waals surface area contributed by atoms with Crippen LogP contribution in [0.1, 0.15) is 40.5 Å². The van der Waals surface area contributed by atoms with Crippen LogP contribution in [0.15, 0.2) is 48.5 Å². The molecule has 2 rings (SSSR count). The van der Waals surface area contributed by atoms with Gasteiger partial charge in [0.25, 0.3) is 11.8 Å². The normalized spacial score (nSPS) is 10.1. The number of ether oxygens (including phenoxy) is 1. The monoisotopic (exact) mass is 383 g/mol. The minimum atomic E-state index is -0.353. The maximum Gasteiger partial charge on any atom is 0.255 e. The predicted molar refractivity (Wildman–Crippen MR) is 108 cm³/mol. The third kappa shape index (κ3) is 6.12. The lowest BCUT2D eigenvalue weighted by atomic mass is 10.1. The number of benzene rings is 2. The highest BCUT2D eigenvalue weighted by atomic mass is 16.5. The summed E-state index contributed by atoms with van der Waals surface area (Å²) in [4.78, 5) is 36.5. The van der Waals surface area contributed by atoms with Crippen molar-refractivity contribution in [2.45, 2.75) is 19.8 Å². The zero-order chi connectivity index (χ0) is 20.4. The van der Waals surface area contributed by atoms with Crippen LogP contribution in [0.4, 0.5) is 5.69 Å². The molecular formula is C21H25N3O4. The van der Waals surface area contributed by atoms with Gasteiger partial charge < -0.3 is 20.7 Å². The number of hydrogen-bond donors (Lipinski definition) is 3. The van der Waals surface area contributed by atoms with Gasteiger partial charge in [0.1, 0.15) is 5.75 Å². The van der Waals surface area contributed by atoms with Crippen LogP contribution < -0.4 is 20.7 Å². The van der Waals surface area contributed by atoms with E-state index in [1.54, 1.807) is 55.6 Å². The number of rotatable bonds is 9. The fraction of sp³-hybridized carbons (Fsp3) is 0.286. The molecule has 0 radical (unpaired) electrons. The molecule has 2 aromatic carbocycles. The highest BCUT2D eigenvalue weighted by Gasteiger charge is 2.14. The summed E-state index contributed by atoms with van der Waals surface area (Å²) < 4.78 is 5.08. The van der Waals surface area contributed by atoms with E-state index < -0.39 is 0 Å². The Kier molecular flexibility index (Phi) is 8.02. The van der Waals surface area contributed by atoms with Crippen LogP contribution in [0.25, 0.3) is 0 Å². The van der Waals surface area contributed by atoms with Crippen molar-refractivity contribution in [3.63, 3.8) is 0 Å². The number of nitrogens with one attached hydrogen (secondary N) is 3. The smallest absolute Gasteiger partial charge is 0.255 e. The molecule has 0 spiro atoms. The van der Waals surface area contributed by atoms with Crippen molar-refractivity contribution in [3.05, 3.63) is 59.7 Å². The number of amides is 3. The summed E-state index contributed by atoms with van der Waals surface area (Å²) in [6.45, 7) is 2.81.